The fourth-order valence-electron chi connectivity index (χ4n) is 2.62. The monoisotopic (exact) mass is 394 g/mol. The molecule has 2 aromatic heterocycles. The Morgan fingerprint density at radius 3 is 2.18 bits per heavy atom. The molecule has 0 fully saturated rings. The molecule has 0 unspecified atom stereocenters. The lowest BCUT2D eigenvalue weighted by Crippen LogP contribution is -2.48. The number of aryl methyl sites for hydroxylation is 2. The summed E-state index contributed by atoms with van der Waals surface area (Å²) in [6.07, 6.45) is 1.59. The molecule has 0 radical (unpaired) electrons. The largest absolute Gasteiger partial charge is 0.283 e. The Labute approximate surface area is 161 Å². The molecule has 0 aliphatic heterocycles. The minimum atomic E-state index is -0.752. The van der Waals surface area contributed by atoms with E-state index in [1.165, 1.54) is 0 Å². The fraction of sp³-hybridized carbons (Fsp3) is 0.118. The number of fused-ring (bicyclic) bond motifs is 1. The van der Waals surface area contributed by atoms with Crippen molar-refractivity contribution in [2.24, 2.45) is 17.3 Å². The Balaban J connectivity index is 1.90. The zero-order chi connectivity index (χ0) is 19.7. The highest BCUT2D eigenvalue weighted by atomic mass is 32.1. The minimum Gasteiger partial charge on any atom is -0.283 e. The molecule has 0 bridgehead atoms. The van der Waals surface area contributed by atoms with Crippen molar-refractivity contribution in [3.63, 3.8) is 0 Å². The second-order valence-corrected chi connectivity index (χ2v) is 6.59. The van der Waals surface area contributed by atoms with Crippen LogP contribution in [-0.2, 0) is 7.05 Å². The molecule has 0 atom stereocenters. The molecule has 0 spiro atoms. The van der Waals surface area contributed by atoms with Crippen molar-refractivity contribution in [2.45, 2.75) is 6.92 Å². The van der Waals surface area contributed by atoms with Gasteiger partial charge in [-0.15, -0.1) is 0 Å². The SMILES string of the molecule is Cc1nsc(NN=c2c(=O)c(=O)c(=NNc3ccnn3C)c3ccccc23)n1. The lowest BCUT2D eigenvalue weighted by atomic mass is 10.1. The van der Waals surface area contributed by atoms with Gasteiger partial charge in [-0.1, -0.05) is 24.3 Å². The van der Waals surface area contributed by atoms with E-state index in [0.29, 0.717) is 27.5 Å². The van der Waals surface area contributed by atoms with E-state index in [9.17, 15) is 9.59 Å². The summed E-state index contributed by atoms with van der Waals surface area (Å²) in [5, 5.41) is 13.8. The maximum absolute atomic E-state index is 12.7. The van der Waals surface area contributed by atoms with Crippen LogP contribution in [0, 0.1) is 6.92 Å². The third-order valence-electron chi connectivity index (χ3n) is 3.97. The Kier molecular flexibility index (Phi) is 4.49. The molecule has 4 rings (SSSR count). The van der Waals surface area contributed by atoms with Crippen LogP contribution in [0.5, 0.6) is 0 Å². The molecule has 0 amide bonds. The van der Waals surface area contributed by atoms with Crippen molar-refractivity contribution in [1.82, 2.24) is 19.1 Å². The van der Waals surface area contributed by atoms with Crippen molar-refractivity contribution >= 4 is 33.3 Å². The number of aromatic nitrogens is 4. The van der Waals surface area contributed by atoms with E-state index in [2.05, 4.69) is 35.5 Å². The van der Waals surface area contributed by atoms with Crippen molar-refractivity contribution in [2.75, 3.05) is 10.9 Å². The molecule has 0 saturated carbocycles. The van der Waals surface area contributed by atoms with Crippen LogP contribution in [0.1, 0.15) is 5.82 Å². The number of nitrogens with one attached hydrogen (secondary N) is 2. The second kappa shape index (κ2) is 7.12. The molecule has 2 N–H and O–H groups in total. The molecule has 10 nitrogen and oxygen atoms in total. The van der Waals surface area contributed by atoms with Gasteiger partial charge in [0.2, 0.25) is 5.13 Å². The molecule has 2 heterocycles. The Hall–Kier alpha value is -3.73. The van der Waals surface area contributed by atoms with Crippen LogP contribution in [-0.4, -0.2) is 19.1 Å². The molecule has 2 aromatic carbocycles. The first-order valence-corrected chi connectivity index (χ1v) is 8.96. The van der Waals surface area contributed by atoms with Crippen LogP contribution >= 0.6 is 11.5 Å². The molecule has 28 heavy (non-hydrogen) atoms. The van der Waals surface area contributed by atoms with Gasteiger partial charge in [-0.25, -0.2) is 4.98 Å². The maximum atomic E-state index is 12.7. The standard InChI is InChI=1S/C17H14N8O2S/c1-9-19-17(28-24-9)23-22-14-11-6-4-3-5-10(11)13(15(26)16(14)27)21-20-12-7-8-18-25(12)2/h3-8,20H,1-2H3,(H,19,23,24). The third kappa shape index (κ3) is 3.18. The number of rotatable bonds is 4. The summed E-state index contributed by atoms with van der Waals surface area (Å²) in [4.78, 5) is 29.5. The van der Waals surface area contributed by atoms with Gasteiger partial charge in [-0.3, -0.25) is 25.1 Å². The number of hydrogen-bond acceptors (Lipinski definition) is 10. The van der Waals surface area contributed by atoms with Crippen LogP contribution in [0.15, 0.2) is 56.3 Å². The molecule has 140 valence electrons. The highest BCUT2D eigenvalue weighted by Crippen LogP contribution is 2.09. The Morgan fingerprint density at radius 2 is 1.64 bits per heavy atom. The Bertz CT molecular complexity index is 1400. The molecule has 4 aromatic rings. The van der Waals surface area contributed by atoms with Gasteiger partial charge in [0.25, 0.3) is 10.9 Å². The minimum absolute atomic E-state index is 0.00735. The van der Waals surface area contributed by atoms with Gasteiger partial charge in [0.1, 0.15) is 22.4 Å². The molecular weight excluding hydrogens is 380 g/mol. The number of benzene rings is 2. The van der Waals surface area contributed by atoms with Gasteiger partial charge < -0.3 is 0 Å². The van der Waals surface area contributed by atoms with Gasteiger partial charge in [0.15, 0.2) is 0 Å². The van der Waals surface area contributed by atoms with Crippen LogP contribution in [0.2, 0.25) is 0 Å². The van der Waals surface area contributed by atoms with Gasteiger partial charge in [-0.2, -0.15) is 19.7 Å². The van der Waals surface area contributed by atoms with Crippen LogP contribution in [0.4, 0.5) is 10.9 Å². The van der Waals surface area contributed by atoms with E-state index in [-0.39, 0.29) is 10.7 Å². The number of hydrogen-bond donors (Lipinski definition) is 2. The topological polar surface area (TPSA) is 127 Å². The van der Waals surface area contributed by atoms with E-state index in [0.717, 1.165) is 11.5 Å². The normalized spacial score (nSPS) is 12.6. The summed E-state index contributed by atoms with van der Waals surface area (Å²) >= 11 is 1.11. The molecular formula is C17H14N8O2S. The summed E-state index contributed by atoms with van der Waals surface area (Å²) in [5.41, 5.74) is 3.97. The van der Waals surface area contributed by atoms with Gasteiger partial charge >= 0.3 is 0 Å². The average Bonchev–Trinajstić information content (AvgIpc) is 3.30. The van der Waals surface area contributed by atoms with Crippen molar-refractivity contribution in [3.05, 3.63) is 73.5 Å². The van der Waals surface area contributed by atoms with Crippen LogP contribution < -0.4 is 32.4 Å². The van der Waals surface area contributed by atoms with Crippen LogP contribution in [0.25, 0.3) is 10.8 Å². The molecule has 0 aliphatic carbocycles. The van der Waals surface area contributed by atoms with Gasteiger partial charge in [0.05, 0.1) is 6.20 Å². The predicted molar refractivity (Wildman–Crippen MR) is 105 cm³/mol. The molecule has 11 heteroatoms. The van der Waals surface area contributed by atoms with Crippen molar-refractivity contribution in [1.29, 1.82) is 0 Å². The van der Waals surface area contributed by atoms with E-state index in [4.69, 9.17) is 0 Å². The first-order valence-electron chi connectivity index (χ1n) is 8.19. The quantitative estimate of drug-likeness (QED) is 0.373. The summed E-state index contributed by atoms with van der Waals surface area (Å²) in [6.45, 7) is 1.75. The summed E-state index contributed by atoms with van der Waals surface area (Å²) in [5.74, 6) is 1.17. The first kappa shape index (κ1) is 17.7. The van der Waals surface area contributed by atoms with E-state index in [1.54, 1.807) is 55.2 Å². The van der Waals surface area contributed by atoms with Crippen LogP contribution in [0.3, 0.4) is 0 Å². The molecule has 0 aliphatic rings. The fourth-order valence-corrected chi connectivity index (χ4v) is 3.14. The van der Waals surface area contributed by atoms with Crippen molar-refractivity contribution in [3.8, 4) is 0 Å². The highest BCUT2D eigenvalue weighted by molar-refractivity contribution is 7.09. The van der Waals surface area contributed by atoms with Crippen molar-refractivity contribution < 1.29 is 0 Å². The average molecular weight is 394 g/mol. The predicted octanol–water partition coefficient (Wildman–Crippen LogP) is 0.185. The Morgan fingerprint density at radius 1 is 1.00 bits per heavy atom. The number of anilines is 2. The summed E-state index contributed by atoms with van der Waals surface area (Å²) in [7, 11) is 1.73. The van der Waals surface area contributed by atoms with Gasteiger partial charge in [-0.05, 0) is 6.92 Å². The number of nitrogens with zero attached hydrogens (tertiary/aromatic N) is 6. The lowest BCUT2D eigenvalue weighted by Gasteiger charge is -2.01. The lowest BCUT2D eigenvalue weighted by molar-refractivity contribution is 0.770. The second-order valence-electron chi connectivity index (χ2n) is 5.84. The van der Waals surface area contributed by atoms with Gasteiger partial charge in [0, 0.05) is 35.4 Å². The highest BCUT2D eigenvalue weighted by Gasteiger charge is 2.10. The summed E-state index contributed by atoms with van der Waals surface area (Å²) < 4.78 is 5.60. The third-order valence-corrected chi connectivity index (χ3v) is 4.68. The smallest absolute Gasteiger partial charge is 0.256 e. The van der Waals surface area contributed by atoms with E-state index < -0.39 is 10.9 Å². The zero-order valence-electron chi connectivity index (χ0n) is 14.9. The molecule has 0 saturated heterocycles. The van der Waals surface area contributed by atoms with E-state index >= 15 is 0 Å². The maximum Gasteiger partial charge on any atom is 0.256 e. The summed E-state index contributed by atoms with van der Waals surface area (Å²) in [6, 6.07) is 8.66. The first-order chi connectivity index (χ1) is 13.5. The van der Waals surface area contributed by atoms with E-state index in [1.807, 2.05) is 0 Å². The zero-order valence-corrected chi connectivity index (χ0v) is 15.7.